The molecule has 0 aliphatic heterocycles. The van der Waals surface area contributed by atoms with Gasteiger partial charge in [-0.2, -0.15) is 0 Å². The Labute approximate surface area is 460 Å². The quantitative estimate of drug-likeness (QED) is 0.0117. The topological polar surface area (TPSA) is 363 Å². The summed E-state index contributed by atoms with van der Waals surface area (Å²) in [5.74, 6) is -3.41. The molecule has 0 aliphatic rings. The predicted molar refractivity (Wildman–Crippen MR) is 295 cm³/mol. The summed E-state index contributed by atoms with van der Waals surface area (Å²) in [5.41, 5.74) is 0.672. The van der Waals surface area contributed by atoms with Crippen LogP contribution in [0.4, 0.5) is 0 Å². The zero-order chi connectivity index (χ0) is 58.0. The lowest BCUT2D eigenvalue weighted by molar-refractivity contribution is -0.138. The monoisotopic (exact) mass is 1120 g/mol. The number of hydrogen-bond acceptors (Lipinski definition) is 21. The lowest BCUT2D eigenvalue weighted by Crippen LogP contribution is -2.49. The van der Waals surface area contributed by atoms with E-state index in [4.69, 9.17) is 39.2 Å². The van der Waals surface area contributed by atoms with Crippen LogP contribution in [0.15, 0.2) is 10.3 Å². The number of oxime groups is 2. The third kappa shape index (κ3) is 48.1. The molecule has 12 N–H and O–H groups in total. The summed E-state index contributed by atoms with van der Waals surface area (Å²) in [6.07, 6.45) is 3.40. The normalized spacial score (nSPS) is 12.5. The maximum absolute atomic E-state index is 12.6. The van der Waals surface area contributed by atoms with Crippen molar-refractivity contribution in [3.63, 3.8) is 0 Å². The second-order valence-electron chi connectivity index (χ2n) is 17.8. The number of nitrogens with zero attached hydrogens (tertiary/aromatic N) is 3. The van der Waals surface area contributed by atoms with Crippen molar-refractivity contribution in [2.45, 2.75) is 110 Å². The van der Waals surface area contributed by atoms with Crippen LogP contribution in [-0.4, -0.2) is 242 Å². The first-order chi connectivity index (χ1) is 36.8. The van der Waals surface area contributed by atoms with Crippen molar-refractivity contribution < 1.29 is 72.8 Å². The minimum atomic E-state index is -1.22. The van der Waals surface area contributed by atoms with Crippen molar-refractivity contribution >= 4 is 64.6 Å². The van der Waals surface area contributed by atoms with Gasteiger partial charge in [0.1, 0.15) is 18.0 Å². The molecule has 0 aliphatic carbocycles. The Hall–Kier alpha value is -4.78. The summed E-state index contributed by atoms with van der Waals surface area (Å²) >= 11 is 1.27. The Kier molecular flexibility index (Phi) is 48.9. The molecular weight excluding hydrogens is 1030 g/mol. The van der Waals surface area contributed by atoms with Crippen molar-refractivity contribution in [1.29, 1.82) is 0 Å². The van der Waals surface area contributed by atoms with E-state index in [1.54, 1.807) is 13.8 Å². The highest BCUT2D eigenvalue weighted by Gasteiger charge is 2.23. The van der Waals surface area contributed by atoms with E-state index < -0.39 is 48.4 Å². The van der Waals surface area contributed by atoms with Gasteiger partial charge in [0.25, 0.3) is 0 Å². The zero-order valence-electron chi connectivity index (χ0n) is 47.2. The number of ether oxygens (including phenoxy) is 5. The maximum Gasteiger partial charge on any atom is 0.322 e. The molecule has 28 heteroatoms. The van der Waals surface area contributed by atoms with Crippen molar-refractivity contribution in [3.8, 4) is 0 Å². The number of unbranched alkanes of at least 4 members (excludes halogenated alkanes) is 1. The lowest BCUT2D eigenvalue weighted by Gasteiger charge is -2.28. The lowest BCUT2D eigenvalue weighted by atomic mass is 10.00. The molecule has 0 aromatic heterocycles. The standard InChI is InChI=1S/C26H53N7O6.C23H43N5O9S/c1-22(31-36)8-6-7-15-33(17-12-30-26(3,4)23(2)32-37)16-11-28-24(34)9-10-25(35)29-14-19-39-21-20-38-18-13-27-5;1-4-37-17(2)38-16-21(31)28-18(23(34)27-14-20(30)26-15-22(32)33)6-5-7-19(29)25-9-11-36-13-12-35-10-8-24-3/h27,30,36-37H,6-21H2,1-5H3,(H,28,34)(H,29,35);17-18,24H,4-16H2,1-3H3,(H,25,29)(H,26,30)(H,27,34)(H,28,31)(H,32,33)/b31-22-,32-23-;. The minimum absolute atomic E-state index is 0.0606. The van der Waals surface area contributed by atoms with E-state index in [1.807, 2.05) is 41.8 Å². The number of likely N-dealkylation sites (N-methyl/N-ethyl adjacent to an activating group) is 2. The van der Waals surface area contributed by atoms with Gasteiger partial charge in [0, 0.05) is 78.2 Å². The largest absolute Gasteiger partial charge is 0.480 e. The van der Waals surface area contributed by atoms with Crippen LogP contribution < -0.4 is 47.9 Å². The van der Waals surface area contributed by atoms with Crippen molar-refractivity contribution in [2.24, 2.45) is 10.3 Å². The third-order valence-corrected chi connectivity index (χ3v) is 12.0. The Bertz CT molecular complexity index is 1670. The molecule has 0 radical (unpaired) electrons. The van der Waals surface area contributed by atoms with E-state index in [9.17, 15) is 33.6 Å². The summed E-state index contributed by atoms with van der Waals surface area (Å²) in [5, 5.41) is 57.9. The SMILES string of the molecule is CCOC(C)SCC(=O)NC(CCCC(=O)NCCOCCOCCNC)C(=O)NCC(=O)NCC(=O)O.CNCCOCCOCCNC(=O)CCC(=O)NCCN(CCCC/C(C)=N\O)CCNC(C)(C)/C(C)=N\O. The number of rotatable bonds is 49. The Morgan fingerprint density at radius 1 is 0.597 bits per heavy atom. The van der Waals surface area contributed by atoms with Crippen LogP contribution in [0.25, 0.3) is 0 Å². The van der Waals surface area contributed by atoms with Crippen LogP contribution in [0, 0.1) is 0 Å². The van der Waals surface area contributed by atoms with Gasteiger partial charge in [-0.05, 0) is 94.3 Å². The molecule has 0 rings (SSSR count). The first-order valence-electron chi connectivity index (χ1n) is 26.4. The average molecular weight is 1130 g/mol. The number of amides is 6. The number of carbonyl (C=O) groups excluding carboxylic acids is 6. The maximum atomic E-state index is 12.6. The van der Waals surface area contributed by atoms with Gasteiger partial charge in [-0.1, -0.05) is 10.3 Å². The van der Waals surface area contributed by atoms with Crippen LogP contribution in [0.2, 0.25) is 0 Å². The molecule has 2 unspecified atom stereocenters. The van der Waals surface area contributed by atoms with E-state index in [0.29, 0.717) is 110 Å². The molecule has 27 nitrogen and oxygen atoms in total. The summed E-state index contributed by atoms with van der Waals surface area (Å²) in [6, 6.07) is -0.975. The molecule has 448 valence electrons. The fraction of sp³-hybridized carbons (Fsp3) is 0.816. The number of carboxylic acids is 1. The fourth-order valence-corrected chi connectivity index (χ4v) is 6.92. The number of carboxylic acid groups (broad SMARTS) is 1. The third-order valence-electron chi connectivity index (χ3n) is 10.9. The van der Waals surface area contributed by atoms with Crippen molar-refractivity contribution in [3.05, 3.63) is 0 Å². The van der Waals surface area contributed by atoms with Gasteiger partial charge >= 0.3 is 5.97 Å². The van der Waals surface area contributed by atoms with E-state index in [-0.39, 0.29) is 54.6 Å². The number of aliphatic carboxylic acids is 1. The molecule has 0 aromatic carbocycles. The Morgan fingerprint density at radius 3 is 1.65 bits per heavy atom. The second kappa shape index (κ2) is 50.7. The summed E-state index contributed by atoms with van der Waals surface area (Å²) in [6.45, 7) is 20.1. The molecule has 0 saturated heterocycles. The molecule has 6 amide bonds. The highest BCUT2D eigenvalue weighted by molar-refractivity contribution is 8.00. The van der Waals surface area contributed by atoms with Crippen LogP contribution in [0.1, 0.15) is 92.9 Å². The van der Waals surface area contributed by atoms with E-state index in [1.165, 1.54) is 11.8 Å². The first kappa shape index (κ1) is 74.3. The molecular formula is C49H96N12O15S. The highest BCUT2D eigenvalue weighted by Crippen LogP contribution is 2.12. The molecule has 0 heterocycles. The van der Waals surface area contributed by atoms with Gasteiger partial charge in [-0.25, -0.2) is 0 Å². The van der Waals surface area contributed by atoms with E-state index in [2.05, 4.69) is 63.1 Å². The van der Waals surface area contributed by atoms with Gasteiger partial charge in [0.15, 0.2) is 0 Å². The summed E-state index contributed by atoms with van der Waals surface area (Å²) in [4.78, 5) is 85.8. The molecule has 0 spiro atoms. The van der Waals surface area contributed by atoms with Crippen LogP contribution in [-0.2, 0) is 57.2 Å². The molecule has 0 saturated carbocycles. The highest BCUT2D eigenvalue weighted by atomic mass is 32.2. The van der Waals surface area contributed by atoms with E-state index in [0.717, 1.165) is 45.4 Å². The number of hydrogen-bond donors (Lipinski definition) is 12. The Morgan fingerprint density at radius 2 is 1.13 bits per heavy atom. The zero-order valence-corrected chi connectivity index (χ0v) is 48.0. The van der Waals surface area contributed by atoms with Gasteiger partial charge in [-0.15, -0.1) is 11.8 Å². The summed E-state index contributed by atoms with van der Waals surface area (Å²) in [7, 11) is 3.70. The number of thioether (sulfide) groups is 1. The second-order valence-corrected chi connectivity index (χ2v) is 19.1. The number of carbonyl (C=O) groups is 7. The van der Waals surface area contributed by atoms with E-state index >= 15 is 0 Å². The van der Waals surface area contributed by atoms with Crippen LogP contribution >= 0.6 is 11.8 Å². The van der Waals surface area contributed by atoms with Gasteiger partial charge in [0.2, 0.25) is 35.4 Å². The number of nitrogens with one attached hydrogen (secondary N) is 9. The van der Waals surface area contributed by atoms with Gasteiger partial charge < -0.3 is 92.0 Å². The van der Waals surface area contributed by atoms with Crippen molar-refractivity contribution in [1.82, 2.24) is 52.8 Å². The molecule has 0 fully saturated rings. The predicted octanol–water partition coefficient (Wildman–Crippen LogP) is -0.765. The minimum Gasteiger partial charge on any atom is -0.480 e. The smallest absolute Gasteiger partial charge is 0.322 e. The van der Waals surface area contributed by atoms with Crippen LogP contribution in [0.5, 0.6) is 0 Å². The average Bonchev–Trinajstić information content (AvgIpc) is 3.40. The first-order valence-corrected chi connectivity index (χ1v) is 27.4. The fourth-order valence-electron chi connectivity index (χ4n) is 6.22. The molecule has 2 atom stereocenters. The van der Waals surface area contributed by atoms with Gasteiger partial charge in [0.05, 0.1) is 82.1 Å². The van der Waals surface area contributed by atoms with Crippen molar-refractivity contribution in [2.75, 3.05) is 151 Å². The molecule has 0 aromatic rings. The van der Waals surface area contributed by atoms with Crippen LogP contribution in [0.3, 0.4) is 0 Å². The summed E-state index contributed by atoms with van der Waals surface area (Å²) < 4.78 is 26.8. The molecule has 0 bridgehead atoms. The van der Waals surface area contributed by atoms with Gasteiger partial charge in [-0.3, -0.25) is 33.6 Å². The Balaban J connectivity index is 0. The molecule has 77 heavy (non-hydrogen) atoms.